The van der Waals surface area contributed by atoms with Crippen molar-refractivity contribution in [2.45, 2.75) is 19.1 Å². The molecule has 0 aliphatic carbocycles. The summed E-state index contributed by atoms with van der Waals surface area (Å²) in [5.74, 6) is -0.240. The molecule has 1 aromatic rings. The molecule has 0 radical (unpaired) electrons. The van der Waals surface area contributed by atoms with E-state index in [0.29, 0.717) is 4.47 Å². The molecule has 1 aliphatic rings. The van der Waals surface area contributed by atoms with Crippen LogP contribution in [-0.2, 0) is 4.74 Å². The molecule has 1 N–H and O–H groups in total. The Kier molecular flexibility index (Phi) is 3.38. The van der Waals surface area contributed by atoms with Crippen LogP contribution in [0.2, 0.25) is 0 Å². The third-order valence-corrected chi connectivity index (χ3v) is 3.08. The van der Waals surface area contributed by atoms with Crippen molar-refractivity contribution >= 4 is 15.9 Å². The van der Waals surface area contributed by atoms with Crippen LogP contribution < -0.4 is 5.32 Å². The van der Waals surface area contributed by atoms with Crippen LogP contribution in [0.5, 0.6) is 0 Å². The van der Waals surface area contributed by atoms with Crippen LogP contribution in [0, 0.1) is 5.82 Å². The highest BCUT2D eigenvalue weighted by Gasteiger charge is 2.20. The number of hydrogen-bond acceptors (Lipinski definition) is 2. The maximum absolute atomic E-state index is 13.0. The van der Waals surface area contributed by atoms with Gasteiger partial charge in [0.1, 0.15) is 5.82 Å². The van der Waals surface area contributed by atoms with Crippen molar-refractivity contribution in [1.82, 2.24) is 5.32 Å². The summed E-state index contributed by atoms with van der Waals surface area (Å²) in [6.45, 7) is 3.68. The number of halogens is 2. The van der Waals surface area contributed by atoms with E-state index in [4.69, 9.17) is 4.74 Å². The number of ether oxygens (including phenoxy) is 1. The number of nitrogens with one attached hydrogen (secondary N) is 1. The predicted molar refractivity (Wildman–Crippen MR) is 60.3 cm³/mol. The van der Waals surface area contributed by atoms with E-state index < -0.39 is 0 Å². The van der Waals surface area contributed by atoms with Crippen molar-refractivity contribution in [2.24, 2.45) is 0 Å². The summed E-state index contributed by atoms with van der Waals surface area (Å²) in [6, 6.07) is 5.01. The Balaban J connectivity index is 2.18. The van der Waals surface area contributed by atoms with E-state index >= 15 is 0 Å². The van der Waals surface area contributed by atoms with E-state index in [-0.39, 0.29) is 18.0 Å². The summed E-state index contributed by atoms with van der Waals surface area (Å²) in [5.41, 5.74) is 1.00. The fourth-order valence-corrected chi connectivity index (χ4v) is 2.10. The lowest BCUT2D eigenvalue weighted by molar-refractivity contribution is -0.0287. The van der Waals surface area contributed by atoms with Gasteiger partial charge in [-0.2, -0.15) is 0 Å². The summed E-state index contributed by atoms with van der Waals surface area (Å²) >= 11 is 3.18. The highest BCUT2D eigenvalue weighted by atomic mass is 79.9. The fraction of sp³-hybridized carbons (Fsp3) is 0.455. The molecule has 0 bridgehead atoms. The van der Waals surface area contributed by atoms with Crippen LogP contribution in [0.4, 0.5) is 4.39 Å². The Bertz CT molecular complexity index is 358. The van der Waals surface area contributed by atoms with Gasteiger partial charge in [-0.05, 0) is 40.5 Å². The molecule has 1 heterocycles. The Morgan fingerprint density at radius 2 is 2.27 bits per heavy atom. The van der Waals surface area contributed by atoms with E-state index in [1.807, 2.05) is 6.92 Å². The van der Waals surface area contributed by atoms with Crippen LogP contribution >= 0.6 is 15.9 Å². The molecular weight excluding hydrogens is 261 g/mol. The fourth-order valence-electron chi connectivity index (χ4n) is 1.70. The van der Waals surface area contributed by atoms with Crippen molar-refractivity contribution in [3.63, 3.8) is 0 Å². The van der Waals surface area contributed by atoms with Gasteiger partial charge in [-0.15, -0.1) is 0 Å². The lowest BCUT2D eigenvalue weighted by Gasteiger charge is -2.29. The largest absolute Gasteiger partial charge is 0.368 e. The molecule has 1 aromatic carbocycles. The zero-order chi connectivity index (χ0) is 10.8. The van der Waals surface area contributed by atoms with Crippen LogP contribution in [0.25, 0.3) is 0 Å². The molecule has 4 heteroatoms. The Labute approximate surface area is 96.9 Å². The number of rotatable bonds is 1. The second kappa shape index (κ2) is 4.60. The molecule has 1 aliphatic heterocycles. The van der Waals surface area contributed by atoms with Gasteiger partial charge in [0.25, 0.3) is 0 Å². The Hall–Kier alpha value is -0.450. The van der Waals surface area contributed by atoms with Gasteiger partial charge in [-0.25, -0.2) is 4.39 Å². The van der Waals surface area contributed by atoms with Gasteiger partial charge in [0.05, 0.1) is 16.7 Å². The van der Waals surface area contributed by atoms with E-state index in [1.54, 1.807) is 12.1 Å². The highest BCUT2D eigenvalue weighted by Crippen LogP contribution is 2.25. The zero-order valence-corrected chi connectivity index (χ0v) is 10.1. The molecule has 0 spiro atoms. The monoisotopic (exact) mass is 273 g/mol. The molecule has 15 heavy (non-hydrogen) atoms. The Morgan fingerprint density at radius 3 is 2.93 bits per heavy atom. The first kappa shape index (κ1) is 11.0. The molecular formula is C11H13BrFNO. The van der Waals surface area contributed by atoms with Gasteiger partial charge in [0.2, 0.25) is 0 Å². The minimum atomic E-state index is -0.240. The smallest absolute Gasteiger partial charge is 0.137 e. The molecule has 0 amide bonds. The van der Waals surface area contributed by atoms with Crippen molar-refractivity contribution in [1.29, 1.82) is 0 Å². The average Bonchev–Trinajstić information content (AvgIpc) is 2.22. The molecule has 2 atom stereocenters. The quantitative estimate of drug-likeness (QED) is 0.850. The van der Waals surface area contributed by atoms with Crippen LogP contribution in [0.1, 0.15) is 18.6 Å². The summed E-state index contributed by atoms with van der Waals surface area (Å²) in [6.07, 6.45) is 0.221. The first-order valence-corrected chi connectivity index (χ1v) is 5.77. The number of benzene rings is 1. The topological polar surface area (TPSA) is 21.3 Å². The van der Waals surface area contributed by atoms with Crippen molar-refractivity contribution in [3.05, 3.63) is 34.1 Å². The molecule has 2 rings (SSSR count). The zero-order valence-electron chi connectivity index (χ0n) is 8.47. The lowest BCUT2D eigenvalue weighted by Crippen LogP contribution is -2.38. The van der Waals surface area contributed by atoms with E-state index in [0.717, 1.165) is 18.7 Å². The van der Waals surface area contributed by atoms with Crippen LogP contribution in [-0.4, -0.2) is 19.2 Å². The molecule has 1 saturated heterocycles. The predicted octanol–water partition coefficient (Wildman–Crippen LogP) is 2.64. The molecule has 0 saturated carbocycles. The summed E-state index contributed by atoms with van der Waals surface area (Å²) in [7, 11) is 0. The average molecular weight is 274 g/mol. The van der Waals surface area contributed by atoms with E-state index in [9.17, 15) is 4.39 Å². The van der Waals surface area contributed by atoms with E-state index in [1.165, 1.54) is 6.07 Å². The third kappa shape index (κ3) is 2.56. The molecule has 82 valence electrons. The molecule has 0 aromatic heterocycles. The maximum atomic E-state index is 13.0. The van der Waals surface area contributed by atoms with E-state index in [2.05, 4.69) is 21.2 Å². The van der Waals surface area contributed by atoms with Gasteiger partial charge in [-0.3, -0.25) is 0 Å². The molecule has 2 unspecified atom stereocenters. The van der Waals surface area contributed by atoms with Crippen LogP contribution in [0.3, 0.4) is 0 Å². The Morgan fingerprint density at radius 1 is 1.47 bits per heavy atom. The van der Waals surface area contributed by atoms with Gasteiger partial charge in [0, 0.05) is 13.1 Å². The van der Waals surface area contributed by atoms with Crippen molar-refractivity contribution in [2.75, 3.05) is 13.1 Å². The van der Waals surface area contributed by atoms with Crippen LogP contribution in [0.15, 0.2) is 22.7 Å². The van der Waals surface area contributed by atoms with Crippen molar-refractivity contribution < 1.29 is 9.13 Å². The standard InChI is InChI=1S/C11H13BrFNO/c1-7-5-14-6-11(15-7)8-2-3-10(13)9(12)4-8/h2-4,7,11,14H,5-6H2,1H3. The summed E-state index contributed by atoms with van der Waals surface area (Å²) in [5, 5.41) is 3.28. The minimum Gasteiger partial charge on any atom is -0.368 e. The SMILES string of the molecule is CC1CNCC(c2ccc(F)c(Br)c2)O1. The number of morpholine rings is 1. The normalized spacial score (nSPS) is 26.6. The maximum Gasteiger partial charge on any atom is 0.137 e. The first-order chi connectivity index (χ1) is 7.16. The minimum absolute atomic E-state index is 0.0191. The second-order valence-corrected chi connectivity index (χ2v) is 4.62. The van der Waals surface area contributed by atoms with Gasteiger partial charge in [-0.1, -0.05) is 6.07 Å². The molecule has 2 nitrogen and oxygen atoms in total. The summed E-state index contributed by atoms with van der Waals surface area (Å²) in [4.78, 5) is 0. The van der Waals surface area contributed by atoms with Gasteiger partial charge in [0.15, 0.2) is 0 Å². The number of hydrogen-bond donors (Lipinski definition) is 1. The third-order valence-electron chi connectivity index (χ3n) is 2.47. The lowest BCUT2D eigenvalue weighted by atomic mass is 10.1. The summed E-state index contributed by atoms with van der Waals surface area (Å²) < 4.78 is 19.3. The first-order valence-electron chi connectivity index (χ1n) is 4.98. The second-order valence-electron chi connectivity index (χ2n) is 3.77. The van der Waals surface area contributed by atoms with Gasteiger partial charge < -0.3 is 10.1 Å². The highest BCUT2D eigenvalue weighted by molar-refractivity contribution is 9.10. The van der Waals surface area contributed by atoms with Crippen molar-refractivity contribution in [3.8, 4) is 0 Å². The van der Waals surface area contributed by atoms with Gasteiger partial charge >= 0.3 is 0 Å². The molecule has 1 fully saturated rings.